The highest BCUT2D eigenvalue weighted by Gasteiger charge is 2.06. The molecule has 22 heavy (non-hydrogen) atoms. The van der Waals surface area contributed by atoms with E-state index < -0.39 is 0 Å². The first-order valence-electron chi connectivity index (χ1n) is 7.47. The second kappa shape index (κ2) is 6.58. The van der Waals surface area contributed by atoms with Gasteiger partial charge < -0.3 is 10.1 Å². The standard InChI is InChI=1S/C19H20N2O/c1-14(19-5-3-4-10-20-19)21-13-15-6-7-17-12-18(22-2)9-8-16(17)11-15/h3-12,14,21H,13H2,1-2H3/t14-/m0/s1. The van der Waals surface area contributed by atoms with Crippen molar-refractivity contribution < 1.29 is 4.74 Å². The Morgan fingerprint density at radius 1 is 1.05 bits per heavy atom. The number of hydrogen-bond donors (Lipinski definition) is 1. The summed E-state index contributed by atoms with van der Waals surface area (Å²) < 4.78 is 5.26. The first kappa shape index (κ1) is 14.5. The van der Waals surface area contributed by atoms with Crippen molar-refractivity contribution in [2.45, 2.75) is 19.5 Å². The van der Waals surface area contributed by atoms with Crippen LogP contribution >= 0.6 is 0 Å². The van der Waals surface area contributed by atoms with Gasteiger partial charge in [-0.15, -0.1) is 0 Å². The molecule has 0 saturated heterocycles. The molecule has 1 aromatic heterocycles. The highest BCUT2D eigenvalue weighted by molar-refractivity contribution is 5.84. The van der Waals surface area contributed by atoms with Gasteiger partial charge in [0.2, 0.25) is 0 Å². The molecule has 0 fully saturated rings. The number of methoxy groups -OCH3 is 1. The quantitative estimate of drug-likeness (QED) is 0.769. The van der Waals surface area contributed by atoms with Gasteiger partial charge in [0.15, 0.2) is 0 Å². The van der Waals surface area contributed by atoms with Crippen LogP contribution in [0.1, 0.15) is 24.2 Å². The van der Waals surface area contributed by atoms with E-state index >= 15 is 0 Å². The van der Waals surface area contributed by atoms with Gasteiger partial charge in [-0.1, -0.05) is 24.3 Å². The fourth-order valence-electron chi connectivity index (χ4n) is 2.52. The van der Waals surface area contributed by atoms with Crippen LogP contribution in [0, 0.1) is 0 Å². The number of ether oxygens (including phenoxy) is 1. The third-order valence-electron chi connectivity index (χ3n) is 3.86. The number of pyridine rings is 1. The maximum absolute atomic E-state index is 5.26. The van der Waals surface area contributed by atoms with Gasteiger partial charge in [0.05, 0.1) is 12.8 Å². The highest BCUT2D eigenvalue weighted by atomic mass is 16.5. The van der Waals surface area contributed by atoms with Crippen LogP contribution in [0.15, 0.2) is 60.8 Å². The van der Waals surface area contributed by atoms with E-state index in [0.29, 0.717) is 0 Å². The number of benzene rings is 2. The summed E-state index contributed by atoms with van der Waals surface area (Å²) in [6.07, 6.45) is 1.83. The summed E-state index contributed by atoms with van der Waals surface area (Å²) in [7, 11) is 1.69. The van der Waals surface area contributed by atoms with Crippen LogP contribution in [0.4, 0.5) is 0 Å². The van der Waals surface area contributed by atoms with Crippen molar-refractivity contribution in [2.75, 3.05) is 7.11 Å². The molecule has 1 N–H and O–H groups in total. The zero-order chi connectivity index (χ0) is 15.4. The Labute approximate surface area is 131 Å². The summed E-state index contributed by atoms with van der Waals surface area (Å²) in [6, 6.07) is 18.9. The van der Waals surface area contributed by atoms with Crippen molar-refractivity contribution in [3.8, 4) is 5.75 Å². The number of nitrogens with zero attached hydrogens (tertiary/aromatic N) is 1. The minimum absolute atomic E-state index is 0.229. The van der Waals surface area contributed by atoms with E-state index in [9.17, 15) is 0 Å². The molecule has 3 heteroatoms. The van der Waals surface area contributed by atoms with Crippen LogP contribution in [0.3, 0.4) is 0 Å². The normalized spacial score (nSPS) is 12.3. The third kappa shape index (κ3) is 3.26. The molecular formula is C19H20N2O. The van der Waals surface area contributed by atoms with Crippen LogP contribution in [0.5, 0.6) is 5.75 Å². The van der Waals surface area contributed by atoms with Gasteiger partial charge in [-0.25, -0.2) is 0 Å². The Hall–Kier alpha value is -2.39. The third-order valence-corrected chi connectivity index (χ3v) is 3.86. The lowest BCUT2D eigenvalue weighted by Crippen LogP contribution is -2.18. The van der Waals surface area contributed by atoms with Gasteiger partial charge in [0.1, 0.15) is 5.75 Å². The summed E-state index contributed by atoms with van der Waals surface area (Å²) in [4.78, 5) is 4.38. The molecule has 0 unspecified atom stereocenters. The monoisotopic (exact) mass is 292 g/mol. The minimum atomic E-state index is 0.229. The fourth-order valence-corrected chi connectivity index (χ4v) is 2.52. The molecule has 0 aliphatic heterocycles. The van der Waals surface area contributed by atoms with Gasteiger partial charge in [-0.2, -0.15) is 0 Å². The van der Waals surface area contributed by atoms with Gasteiger partial charge in [-0.3, -0.25) is 4.98 Å². The summed E-state index contributed by atoms with van der Waals surface area (Å²) >= 11 is 0. The molecule has 3 aromatic rings. The van der Waals surface area contributed by atoms with Gasteiger partial charge in [-0.05, 0) is 53.6 Å². The Morgan fingerprint density at radius 3 is 2.64 bits per heavy atom. The lowest BCUT2D eigenvalue weighted by Gasteiger charge is -2.13. The van der Waals surface area contributed by atoms with Crippen molar-refractivity contribution >= 4 is 10.8 Å². The first-order valence-corrected chi connectivity index (χ1v) is 7.47. The summed E-state index contributed by atoms with van der Waals surface area (Å²) in [5.41, 5.74) is 2.33. The molecule has 1 atom stereocenters. The number of rotatable bonds is 5. The van der Waals surface area contributed by atoms with Crippen molar-refractivity contribution in [1.29, 1.82) is 0 Å². The maximum atomic E-state index is 5.26. The second-order valence-electron chi connectivity index (χ2n) is 5.40. The second-order valence-corrected chi connectivity index (χ2v) is 5.40. The van der Waals surface area contributed by atoms with E-state index in [0.717, 1.165) is 18.0 Å². The molecule has 0 aliphatic rings. The number of hydrogen-bond acceptors (Lipinski definition) is 3. The molecule has 3 nitrogen and oxygen atoms in total. The molecule has 3 rings (SSSR count). The molecule has 0 radical (unpaired) electrons. The summed E-state index contributed by atoms with van der Waals surface area (Å²) in [6.45, 7) is 2.95. The van der Waals surface area contributed by atoms with E-state index in [1.807, 2.05) is 30.5 Å². The van der Waals surface area contributed by atoms with E-state index in [-0.39, 0.29) is 6.04 Å². The predicted octanol–water partition coefficient (Wildman–Crippen LogP) is 4.09. The lowest BCUT2D eigenvalue weighted by molar-refractivity contribution is 0.415. The Bertz CT molecular complexity index is 756. The molecule has 0 saturated carbocycles. The Kier molecular flexibility index (Phi) is 4.35. The highest BCUT2D eigenvalue weighted by Crippen LogP contribution is 2.22. The SMILES string of the molecule is COc1ccc2cc(CN[C@@H](C)c3ccccn3)ccc2c1. The van der Waals surface area contributed by atoms with Crippen LogP contribution < -0.4 is 10.1 Å². The number of aromatic nitrogens is 1. The molecule has 0 spiro atoms. The Morgan fingerprint density at radius 2 is 1.86 bits per heavy atom. The van der Waals surface area contributed by atoms with Crippen molar-refractivity contribution in [1.82, 2.24) is 10.3 Å². The summed E-state index contributed by atoms with van der Waals surface area (Å²) in [5, 5.41) is 5.94. The van der Waals surface area contributed by atoms with E-state index in [4.69, 9.17) is 4.74 Å². The summed E-state index contributed by atoms with van der Waals surface area (Å²) in [5.74, 6) is 0.891. The van der Waals surface area contributed by atoms with Crippen molar-refractivity contribution in [3.05, 3.63) is 72.1 Å². The molecule has 0 amide bonds. The van der Waals surface area contributed by atoms with Crippen molar-refractivity contribution in [2.24, 2.45) is 0 Å². The largest absolute Gasteiger partial charge is 0.497 e. The zero-order valence-electron chi connectivity index (χ0n) is 12.9. The molecule has 2 aromatic carbocycles. The molecule has 112 valence electrons. The average molecular weight is 292 g/mol. The first-order chi connectivity index (χ1) is 10.8. The predicted molar refractivity (Wildman–Crippen MR) is 90.0 cm³/mol. The number of fused-ring (bicyclic) bond motifs is 1. The number of nitrogens with one attached hydrogen (secondary N) is 1. The van der Waals surface area contributed by atoms with E-state index in [1.54, 1.807) is 7.11 Å². The van der Waals surface area contributed by atoms with E-state index in [2.05, 4.69) is 47.6 Å². The lowest BCUT2D eigenvalue weighted by atomic mass is 10.1. The van der Waals surface area contributed by atoms with Crippen LogP contribution in [-0.2, 0) is 6.54 Å². The van der Waals surface area contributed by atoms with Gasteiger partial charge >= 0.3 is 0 Å². The average Bonchev–Trinajstić information content (AvgIpc) is 2.59. The maximum Gasteiger partial charge on any atom is 0.119 e. The van der Waals surface area contributed by atoms with Crippen LogP contribution in [-0.4, -0.2) is 12.1 Å². The van der Waals surface area contributed by atoms with Gasteiger partial charge in [0, 0.05) is 18.8 Å². The molecule has 1 heterocycles. The van der Waals surface area contributed by atoms with Gasteiger partial charge in [0.25, 0.3) is 0 Å². The zero-order valence-corrected chi connectivity index (χ0v) is 12.9. The Balaban J connectivity index is 1.71. The molecule has 0 aliphatic carbocycles. The topological polar surface area (TPSA) is 34.1 Å². The fraction of sp³-hybridized carbons (Fsp3) is 0.211. The van der Waals surface area contributed by atoms with Crippen LogP contribution in [0.25, 0.3) is 10.8 Å². The van der Waals surface area contributed by atoms with Crippen molar-refractivity contribution in [3.63, 3.8) is 0 Å². The smallest absolute Gasteiger partial charge is 0.119 e. The van der Waals surface area contributed by atoms with Crippen LogP contribution in [0.2, 0.25) is 0 Å². The minimum Gasteiger partial charge on any atom is -0.497 e. The molecule has 0 bridgehead atoms. The molecular weight excluding hydrogens is 272 g/mol. The van der Waals surface area contributed by atoms with E-state index in [1.165, 1.54) is 16.3 Å².